The smallest absolute Gasteiger partial charge is 0.101 e. The van der Waals surface area contributed by atoms with E-state index in [1.165, 1.54) is 6.54 Å². The van der Waals surface area contributed by atoms with Crippen LogP contribution in [0.4, 0.5) is 0 Å². The number of nitrogens with one attached hydrogen (secondary N) is 1. The van der Waals surface area contributed by atoms with Crippen LogP contribution in [0.3, 0.4) is 0 Å². The van der Waals surface area contributed by atoms with Gasteiger partial charge in [0.2, 0.25) is 0 Å². The van der Waals surface area contributed by atoms with Gasteiger partial charge in [0.05, 0.1) is 31.5 Å². The quantitative estimate of drug-likeness (QED) is 0.361. The molecule has 4 heteroatoms. The molecule has 0 spiro atoms. The molecule has 0 aliphatic carbocycles. The van der Waals surface area contributed by atoms with Crippen LogP contribution in [0.25, 0.3) is 0 Å². The van der Waals surface area contributed by atoms with Crippen LogP contribution >= 0.6 is 12.2 Å². The third-order valence-electron chi connectivity index (χ3n) is 2.06. The molecule has 0 atom stereocenters. The van der Waals surface area contributed by atoms with Crippen molar-refractivity contribution in [2.45, 2.75) is 6.42 Å². The molecule has 1 saturated heterocycles. The summed E-state index contributed by atoms with van der Waals surface area (Å²) in [7, 11) is 0. The van der Waals surface area contributed by atoms with Crippen LogP contribution in [0, 0.1) is 0 Å². The number of morpholine rings is 1. The monoisotopic (exact) mass is 187 g/mol. The van der Waals surface area contributed by atoms with E-state index in [0.29, 0.717) is 0 Å². The van der Waals surface area contributed by atoms with Crippen LogP contribution in [0.2, 0.25) is 0 Å². The molecular formula is C8H15N2OS+. The van der Waals surface area contributed by atoms with Crippen molar-refractivity contribution in [1.82, 2.24) is 0 Å². The highest BCUT2D eigenvalue weighted by Crippen LogP contribution is 1.78. The molecule has 0 radical (unpaired) electrons. The van der Waals surface area contributed by atoms with Crippen LogP contribution < -0.4 is 4.90 Å². The molecule has 1 N–H and O–H groups in total. The Morgan fingerprint density at radius 3 is 2.83 bits per heavy atom. The molecule has 1 aliphatic rings. The number of hydrogen-bond acceptors (Lipinski definition) is 3. The van der Waals surface area contributed by atoms with Gasteiger partial charge < -0.3 is 9.64 Å². The molecule has 68 valence electrons. The van der Waals surface area contributed by atoms with Gasteiger partial charge >= 0.3 is 0 Å². The zero-order valence-corrected chi connectivity index (χ0v) is 8.03. The molecule has 0 amide bonds. The predicted molar refractivity (Wildman–Crippen MR) is 50.9 cm³/mol. The summed E-state index contributed by atoms with van der Waals surface area (Å²) in [4.78, 5) is 5.50. The number of isothiocyanates is 1. The molecule has 0 aromatic carbocycles. The molecule has 0 saturated carbocycles. The van der Waals surface area contributed by atoms with Gasteiger partial charge in [-0.1, -0.05) is 0 Å². The maximum Gasteiger partial charge on any atom is 0.101 e. The van der Waals surface area contributed by atoms with Crippen LogP contribution in [0.5, 0.6) is 0 Å². The average molecular weight is 187 g/mol. The number of aliphatic imine (C=N–C) groups is 1. The largest absolute Gasteiger partial charge is 0.370 e. The van der Waals surface area contributed by atoms with Crippen LogP contribution in [0.1, 0.15) is 6.42 Å². The Morgan fingerprint density at radius 2 is 2.17 bits per heavy atom. The van der Waals surface area contributed by atoms with Crippen molar-refractivity contribution >= 4 is 17.4 Å². The van der Waals surface area contributed by atoms with Gasteiger partial charge in [-0.25, -0.2) is 4.99 Å². The number of quaternary nitrogens is 1. The summed E-state index contributed by atoms with van der Waals surface area (Å²) in [5.41, 5.74) is 0. The molecule has 1 heterocycles. The first kappa shape index (κ1) is 9.81. The third kappa shape index (κ3) is 3.93. The Labute approximate surface area is 78.4 Å². The predicted octanol–water partition coefficient (Wildman–Crippen LogP) is -0.606. The fourth-order valence-electron chi connectivity index (χ4n) is 1.36. The van der Waals surface area contributed by atoms with E-state index in [1.807, 2.05) is 0 Å². The van der Waals surface area contributed by atoms with Crippen molar-refractivity contribution in [1.29, 1.82) is 0 Å². The van der Waals surface area contributed by atoms with Gasteiger partial charge in [0.25, 0.3) is 0 Å². The molecule has 0 unspecified atom stereocenters. The Bertz CT molecular complexity index is 162. The van der Waals surface area contributed by atoms with E-state index >= 15 is 0 Å². The average Bonchev–Trinajstić information content (AvgIpc) is 2.14. The Hall–Kier alpha value is -0.280. The topological polar surface area (TPSA) is 26.0 Å². The minimum atomic E-state index is 0.827. The van der Waals surface area contributed by atoms with Gasteiger partial charge in [0.1, 0.15) is 13.1 Å². The molecule has 1 rings (SSSR count). The number of rotatable bonds is 4. The van der Waals surface area contributed by atoms with E-state index in [4.69, 9.17) is 4.74 Å². The second kappa shape index (κ2) is 6.26. The van der Waals surface area contributed by atoms with E-state index < -0.39 is 0 Å². The zero-order valence-electron chi connectivity index (χ0n) is 7.21. The number of hydrogen-bond donors (Lipinski definition) is 1. The maximum absolute atomic E-state index is 5.25. The summed E-state index contributed by atoms with van der Waals surface area (Å²) < 4.78 is 5.25. The first-order valence-electron chi connectivity index (χ1n) is 4.38. The second-order valence-electron chi connectivity index (χ2n) is 2.94. The molecule has 3 nitrogen and oxygen atoms in total. The molecule has 1 fully saturated rings. The van der Waals surface area contributed by atoms with Gasteiger partial charge in [0.15, 0.2) is 0 Å². The van der Waals surface area contributed by atoms with Crippen molar-refractivity contribution in [3.8, 4) is 0 Å². The Balaban J connectivity index is 2.01. The van der Waals surface area contributed by atoms with Crippen LogP contribution in [0.15, 0.2) is 4.99 Å². The minimum Gasteiger partial charge on any atom is -0.370 e. The van der Waals surface area contributed by atoms with Gasteiger partial charge in [-0.3, -0.25) is 0 Å². The summed E-state index contributed by atoms with van der Waals surface area (Å²) in [6.07, 6.45) is 1.11. The Morgan fingerprint density at radius 1 is 1.42 bits per heavy atom. The van der Waals surface area contributed by atoms with E-state index in [2.05, 4.69) is 22.4 Å². The molecule has 12 heavy (non-hydrogen) atoms. The summed E-state index contributed by atoms with van der Waals surface area (Å²) in [5.74, 6) is 0. The van der Waals surface area contributed by atoms with Gasteiger partial charge in [0, 0.05) is 6.42 Å². The summed E-state index contributed by atoms with van der Waals surface area (Å²) in [5, 5.41) is 2.38. The van der Waals surface area contributed by atoms with Crippen molar-refractivity contribution < 1.29 is 9.64 Å². The lowest BCUT2D eigenvalue weighted by molar-refractivity contribution is -0.908. The highest BCUT2D eigenvalue weighted by Gasteiger charge is 2.12. The van der Waals surface area contributed by atoms with E-state index in [9.17, 15) is 0 Å². The lowest BCUT2D eigenvalue weighted by atomic mass is 10.3. The summed E-state index contributed by atoms with van der Waals surface area (Å²) >= 11 is 4.48. The molecule has 0 aromatic rings. The van der Waals surface area contributed by atoms with Crippen molar-refractivity contribution in [2.75, 3.05) is 39.4 Å². The van der Waals surface area contributed by atoms with Gasteiger partial charge in [-0.05, 0) is 12.2 Å². The van der Waals surface area contributed by atoms with Crippen LogP contribution in [-0.4, -0.2) is 44.6 Å². The minimum absolute atomic E-state index is 0.827. The number of nitrogens with zero attached hydrogens (tertiary/aromatic N) is 1. The summed E-state index contributed by atoms with van der Waals surface area (Å²) in [6.45, 7) is 6.11. The standard InChI is InChI=1S/C8H14N2OS/c12-8-9-2-1-3-10-4-6-11-7-5-10/h1-7H2/p+1. The maximum atomic E-state index is 5.25. The zero-order chi connectivity index (χ0) is 8.65. The van der Waals surface area contributed by atoms with Crippen LogP contribution in [-0.2, 0) is 4.74 Å². The first-order valence-corrected chi connectivity index (χ1v) is 4.79. The first-order chi connectivity index (χ1) is 5.93. The summed E-state index contributed by atoms with van der Waals surface area (Å²) in [6, 6.07) is 0. The molecule has 1 aliphatic heterocycles. The third-order valence-corrected chi connectivity index (χ3v) is 2.19. The van der Waals surface area contributed by atoms with E-state index in [0.717, 1.165) is 39.3 Å². The molecular weight excluding hydrogens is 172 g/mol. The normalized spacial score (nSPS) is 18.7. The Kier molecular flexibility index (Phi) is 5.11. The molecule has 0 aromatic heterocycles. The lowest BCUT2D eigenvalue weighted by Gasteiger charge is -2.23. The molecule has 0 bridgehead atoms. The highest BCUT2D eigenvalue weighted by atomic mass is 32.1. The van der Waals surface area contributed by atoms with Gasteiger partial charge in [-0.2, -0.15) is 0 Å². The SMILES string of the molecule is S=C=NCCC[NH+]1CCOCC1. The lowest BCUT2D eigenvalue weighted by Crippen LogP contribution is -3.14. The van der Waals surface area contributed by atoms with Gasteiger partial charge in [-0.15, -0.1) is 0 Å². The van der Waals surface area contributed by atoms with Crippen molar-refractivity contribution in [3.05, 3.63) is 0 Å². The number of thiocarbonyl (C=S) groups is 1. The van der Waals surface area contributed by atoms with E-state index in [-0.39, 0.29) is 0 Å². The van der Waals surface area contributed by atoms with Crippen molar-refractivity contribution in [2.24, 2.45) is 4.99 Å². The van der Waals surface area contributed by atoms with Crippen molar-refractivity contribution in [3.63, 3.8) is 0 Å². The fourth-order valence-corrected chi connectivity index (χ4v) is 1.46. The van der Waals surface area contributed by atoms with E-state index in [1.54, 1.807) is 4.90 Å². The highest BCUT2D eigenvalue weighted by molar-refractivity contribution is 7.78. The number of ether oxygens (including phenoxy) is 1. The second-order valence-corrected chi connectivity index (χ2v) is 3.12. The fraction of sp³-hybridized carbons (Fsp3) is 0.875.